The lowest BCUT2D eigenvalue weighted by Crippen LogP contribution is -2.23. The molecule has 0 saturated heterocycles. The summed E-state index contributed by atoms with van der Waals surface area (Å²) >= 11 is 0. The third-order valence-corrected chi connectivity index (χ3v) is 3.67. The average molecular weight is 295 g/mol. The van der Waals surface area contributed by atoms with Gasteiger partial charge in [0, 0.05) is 31.0 Å². The van der Waals surface area contributed by atoms with E-state index in [0.29, 0.717) is 5.92 Å². The van der Waals surface area contributed by atoms with Crippen molar-refractivity contribution in [3.8, 4) is 11.3 Å². The summed E-state index contributed by atoms with van der Waals surface area (Å²) in [5, 5.41) is 10.8. The topological polar surface area (TPSA) is 58.5 Å². The van der Waals surface area contributed by atoms with E-state index in [1.54, 1.807) is 0 Å². The van der Waals surface area contributed by atoms with Crippen LogP contribution in [0.3, 0.4) is 0 Å². The van der Waals surface area contributed by atoms with Gasteiger partial charge in [0.25, 0.3) is 0 Å². The largest absolute Gasteiger partial charge is 0.337 e. The van der Waals surface area contributed by atoms with E-state index in [2.05, 4.69) is 44.1 Å². The van der Waals surface area contributed by atoms with Crippen LogP contribution in [-0.4, -0.2) is 26.3 Å². The lowest BCUT2D eigenvalue weighted by Gasteiger charge is -2.13. The van der Waals surface area contributed by atoms with Crippen molar-refractivity contribution in [3.63, 3.8) is 0 Å². The number of H-pyrrole nitrogens is 1. The van der Waals surface area contributed by atoms with Crippen LogP contribution in [-0.2, 0) is 13.1 Å². The van der Waals surface area contributed by atoms with Crippen LogP contribution in [0.2, 0.25) is 0 Å². The highest BCUT2D eigenvalue weighted by Gasteiger charge is 2.08. The Morgan fingerprint density at radius 3 is 2.91 bits per heavy atom. The van der Waals surface area contributed by atoms with Gasteiger partial charge in [-0.2, -0.15) is 5.10 Å². The first-order chi connectivity index (χ1) is 10.8. The zero-order valence-electron chi connectivity index (χ0n) is 12.7. The Hall–Kier alpha value is -2.40. The molecule has 114 valence electrons. The Bertz CT molecular complexity index is 672. The number of rotatable bonds is 7. The molecule has 2 aromatic heterocycles. The number of imidazole rings is 1. The second-order valence-corrected chi connectivity index (χ2v) is 5.63. The van der Waals surface area contributed by atoms with Crippen LogP contribution in [0.1, 0.15) is 12.5 Å². The maximum atomic E-state index is 4.18. The predicted molar refractivity (Wildman–Crippen MR) is 87.1 cm³/mol. The highest BCUT2D eigenvalue weighted by molar-refractivity contribution is 5.62. The van der Waals surface area contributed by atoms with Gasteiger partial charge < -0.3 is 9.88 Å². The molecule has 0 spiro atoms. The molecule has 3 rings (SSSR count). The van der Waals surface area contributed by atoms with Crippen LogP contribution in [0, 0.1) is 5.92 Å². The number of nitrogens with zero attached hydrogens (tertiary/aromatic N) is 3. The second kappa shape index (κ2) is 7.04. The molecule has 5 nitrogen and oxygen atoms in total. The van der Waals surface area contributed by atoms with Crippen molar-refractivity contribution in [2.24, 2.45) is 5.92 Å². The van der Waals surface area contributed by atoms with Crippen LogP contribution < -0.4 is 5.32 Å². The lowest BCUT2D eigenvalue weighted by atomic mass is 10.1. The molecule has 0 bridgehead atoms. The van der Waals surface area contributed by atoms with Gasteiger partial charge in [0.1, 0.15) is 0 Å². The molecule has 0 amide bonds. The molecule has 22 heavy (non-hydrogen) atoms. The van der Waals surface area contributed by atoms with Gasteiger partial charge in [-0.1, -0.05) is 37.3 Å². The van der Waals surface area contributed by atoms with Crippen LogP contribution in [0.5, 0.6) is 0 Å². The van der Waals surface area contributed by atoms with Gasteiger partial charge in [-0.25, -0.2) is 4.98 Å². The molecular formula is C17H21N5. The summed E-state index contributed by atoms with van der Waals surface area (Å²) in [4.78, 5) is 4.07. The molecule has 0 aliphatic rings. The van der Waals surface area contributed by atoms with Gasteiger partial charge in [0.05, 0.1) is 18.2 Å². The Morgan fingerprint density at radius 2 is 2.14 bits per heavy atom. The molecule has 1 atom stereocenters. The maximum absolute atomic E-state index is 4.18. The Labute approximate surface area is 130 Å². The summed E-state index contributed by atoms with van der Waals surface area (Å²) in [5.74, 6) is 0.543. The Balaban J connectivity index is 1.53. The molecular weight excluding hydrogens is 274 g/mol. The first-order valence-electron chi connectivity index (χ1n) is 7.57. The lowest BCUT2D eigenvalue weighted by molar-refractivity contribution is 0.445. The van der Waals surface area contributed by atoms with Crippen molar-refractivity contribution in [3.05, 3.63) is 60.8 Å². The van der Waals surface area contributed by atoms with E-state index in [4.69, 9.17) is 0 Å². The van der Waals surface area contributed by atoms with E-state index >= 15 is 0 Å². The fourth-order valence-corrected chi connectivity index (χ4v) is 2.57. The van der Waals surface area contributed by atoms with E-state index in [1.807, 2.05) is 43.1 Å². The number of aromatic amines is 1. The molecule has 5 heteroatoms. The zero-order valence-corrected chi connectivity index (χ0v) is 12.7. The minimum atomic E-state index is 0.543. The normalized spacial score (nSPS) is 12.4. The van der Waals surface area contributed by atoms with Gasteiger partial charge >= 0.3 is 0 Å². The molecule has 1 aromatic carbocycles. The molecule has 3 aromatic rings. The third-order valence-electron chi connectivity index (χ3n) is 3.67. The molecule has 0 aliphatic carbocycles. The van der Waals surface area contributed by atoms with Crippen molar-refractivity contribution in [2.45, 2.75) is 20.0 Å². The van der Waals surface area contributed by atoms with Crippen LogP contribution >= 0.6 is 0 Å². The second-order valence-electron chi connectivity index (χ2n) is 5.63. The van der Waals surface area contributed by atoms with Gasteiger partial charge in [0.2, 0.25) is 0 Å². The first kappa shape index (κ1) is 14.5. The predicted octanol–water partition coefficient (Wildman–Crippen LogP) is 2.70. The average Bonchev–Trinajstić information content (AvgIpc) is 3.20. The van der Waals surface area contributed by atoms with Crippen LogP contribution in [0.4, 0.5) is 0 Å². The van der Waals surface area contributed by atoms with Gasteiger partial charge in [0.15, 0.2) is 0 Å². The molecule has 1 unspecified atom stereocenters. The molecule has 0 radical (unpaired) electrons. The Kier molecular flexibility index (Phi) is 4.65. The number of hydrogen-bond donors (Lipinski definition) is 2. The molecule has 0 saturated carbocycles. The maximum Gasteiger partial charge on any atom is 0.0946 e. The highest BCUT2D eigenvalue weighted by atomic mass is 15.1. The quantitative estimate of drug-likeness (QED) is 0.704. The minimum absolute atomic E-state index is 0.543. The SMILES string of the molecule is CC(CNCc1cn[nH]c1-c1ccccc1)Cn1ccnc1. The van der Waals surface area contributed by atoms with Crippen molar-refractivity contribution < 1.29 is 0 Å². The smallest absolute Gasteiger partial charge is 0.0946 e. The van der Waals surface area contributed by atoms with Crippen LogP contribution in [0.15, 0.2) is 55.2 Å². The zero-order chi connectivity index (χ0) is 15.2. The van der Waals surface area contributed by atoms with E-state index in [1.165, 1.54) is 11.1 Å². The fourth-order valence-electron chi connectivity index (χ4n) is 2.57. The van der Waals surface area contributed by atoms with E-state index < -0.39 is 0 Å². The van der Waals surface area contributed by atoms with Gasteiger partial charge in [-0.15, -0.1) is 0 Å². The number of hydrogen-bond acceptors (Lipinski definition) is 3. The summed E-state index contributed by atoms with van der Waals surface area (Å²) in [7, 11) is 0. The van der Waals surface area contributed by atoms with Crippen molar-refractivity contribution in [1.82, 2.24) is 25.1 Å². The van der Waals surface area contributed by atoms with E-state index in [-0.39, 0.29) is 0 Å². The summed E-state index contributed by atoms with van der Waals surface area (Å²) in [6.45, 7) is 4.98. The summed E-state index contributed by atoms with van der Waals surface area (Å²) < 4.78 is 2.11. The minimum Gasteiger partial charge on any atom is -0.337 e. The standard InChI is InChI=1S/C17H21N5/c1-14(12-22-8-7-18-13-22)9-19-10-16-11-20-21-17(16)15-5-3-2-4-6-15/h2-8,11,13-14,19H,9-10,12H2,1H3,(H,20,21). The fraction of sp³-hybridized carbons (Fsp3) is 0.294. The molecule has 2 N–H and O–H groups in total. The summed E-state index contributed by atoms with van der Waals surface area (Å²) in [5.41, 5.74) is 3.46. The van der Waals surface area contributed by atoms with Gasteiger partial charge in [-0.05, 0) is 18.0 Å². The molecule has 2 heterocycles. The van der Waals surface area contributed by atoms with E-state index in [9.17, 15) is 0 Å². The summed E-state index contributed by atoms with van der Waals surface area (Å²) in [6.07, 6.45) is 7.58. The third kappa shape index (κ3) is 3.62. The molecule has 0 aliphatic heterocycles. The van der Waals surface area contributed by atoms with Crippen molar-refractivity contribution in [2.75, 3.05) is 6.54 Å². The first-order valence-corrected chi connectivity index (χ1v) is 7.57. The number of nitrogens with one attached hydrogen (secondary N) is 2. The Morgan fingerprint density at radius 1 is 1.27 bits per heavy atom. The number of benzene rings is 1. The van der Waals surface area contributed by atoms with Crippen molar-refractivity contribution in [1.29, 1.82) is 0 Å². The number of aromatic nitrogens is 4. The van der Waals surface area contributed by atoms with Crippen LogP contribution in [0.25, 0.3) is 11.3 Å². The summed E-state index contributed by atoms with van der Waals surface area (Å²) in [6, 6.07) is 10.3. The van der Waals surface area contributed by atoms with E-state index in [0.717, 1.165) is 25.3 Å². The van der Waals surface area contributed by atoms with Crippen molar-refractivity contribution >= 4 is 0 Å². The van der Waals surface area contributed by atoms with Gasteiger partial charge in [-0.3, -0.25) is 5.10 Å². The molecule has 0 fully saturated rings. The monoisotopic (exact) mass is 295 g/mol. The highest BCUT2D eigenvalue weighted by Crippen LogP contribution is 2.20.